The molecule has 0 aliphatic heterocycles. The van der Waals surface area contributed by atoms with Crippen molar-refractivity contribution in [2.45, 2.75) is 20.4 Å². The number of hydrogen-bond donors (Lipinski definition) is 1. The molecule has 1 aromatic heterocycles. The van der Waals surface area contributed by atoms with Gasteiger partial charge in [-0.25, -0.2) is 13.8 Å². The molecule has 0 bridgehead atoms. The van der Waals surface area contributed by atoms with Crippen LogP contribution in [0.4, 0.5) is 19.6 Å². The molecule has 0 aliphatic carbocycles. The van der Waals surface area contributed by atoms with Crippen molar-refractivity contribution < 1.29 is 13.6 Å². The highest BCUT2D eigenvalue weighted by molar-refractivity contribution is 7.14. The average Bonchev–Trinajstić information content (AvgIpc) is 2.84. The van der Waals surface area contributed by atoms with Crippen molar-refractivity contribution in [3.63, 3.8) is 0 Å². The number of benzene rings is 1. The van der Waals surface area contributed by atoms with Gasteiger partial charge in [-0.2, -0.15) is 0 Å². The lowest BCUT2D eigenvalue weighted by atomic mass is 10.3. The fraction of sp³-hybridized carbons (Fsp3) is 0.286. The summed E-state index contributed by atoms with van der Waals surface area (Å²) < 4.78 is 26.1. The lowest BCUT2D eigenvalue weighted by molar-refractivity contribution is -0.116. The monoisotopic (exact) mass is 311 g/mol. The number of anilines is 2. The Kier molecular flexibility index (Phi) is 4.85. The molecule has 0 aliphatic rings. The van der Waals surface area contributed by atoms with Gasteiger partial charge < -0.3 is 5.32 Å². The van der Waals surface area contributed by atoms with E-state index in [1.165, 1.54) is 30.4 Å². The summed E-state index contributed by atoms with van der Waals surface area (Å²) in [6.45, 7) is 4.23. The molecule has 1 amide bonds. The quantitative estimate of drug-likeness (QED) is 0.920. The number of hydrogen-bond acceptors (Lipinski definition) is 4. The number of carbonyl (C=O) groups excluding carboxylic acids is 1. The van der Waals surface area contributed by atoms with Crippen molar-refractivity contribution in [1.82, 2.24) is 4.98 Å². The maximum Gasteiger partial charge on any atom is 0.225 e. The molecule has 112 valence electrons. The summed E-state index contributed by atoms with van der Waals surface area (Å²) in [5.74, 6) is -1.34. The van der Waals surface area contributed by atoms with Crippen LogP contribution in [0.2, 0.25) is 0 Å². The first kappa shape index (κ1) is 15.4. The summed E-state index contributed by atoms with van der Waals surface area (Å²) in [7, 11) is 0. The summed E-state index contributed by atoms with van der Waals surface area (Å²) in [6.07, 6.45) is 0. The molecule has 0 atom stereocenters. The molecular formula is C14H15F2N3OS. The van der Waals surface area contributed by atoms with Crippen LogP contribution in [-0.2, 0) is 11.3 Å². The minimum Gasteiger partial charge on any atom is -0.379 e. The van der Waals surface area contributed by atoms with Crippen LogP contribution in [0, 0.1) is 11.6 Å². The summed E-state index contributed by atoms with van der Waals surface area (Å²) in [6, 6.07) is 3.24. The molecule has 1 aromatic carbocycles. The summed E-state index contributed by atoms with van der Waals surface area (Å²) in [4.78, 5) is 17.3. The van der Waals surface area contributed by atoms with Gasteiger partial charge in [-0.15, -0.1) is 11.3 Å². The predicted molar refractivity (Wildman–Crippen MR) is 79.5 cm³/mol. The molecule has 2 rings (SSSR count). The van der Waals surface area contributed by atoms with Gasteiger partial charge in [0.1, 0.15) is 11.6 Å². The molecule has 0 fully saturated rings. The van der Waals surface area contributed by atoms with Gasteiger partial charge in [0.2, 0.25) is 5.91 Å². The first-order valence-corrected chi connectivity index (χ1v) is 7.30. The summed E-state index contributed by atoms with van der Waals surface area (Å²) in [5, 5.41) is 5.33. The van der Waals surface area contributed by atoms with Gasteiger partial charge in [0.05, 0.1) is 12.2 Å². The zero-order valence-corrected chi connectivity index (χ0v) is 12.5. The average molecular weight is 311 g/mol. The third-order valence-electron chi connectivity index (χ3n) is 2.80. The van der Waals surface area contributed by atoms with Crippen molar-refractivity contribution in [2.24, 2.45) is 0 Å². The van der Waals surface area contributed by atoms with E-state index >= 15 is 0 Å². The Labute approximate surface area is 125 Å². The van der Waals surface area contributed by atoms with E-state index in [9.17, 15) is 13.6 Å². The molecule has 0 spiro atoms. The number of carbonyl (C=O) groups is 1. The van der Waals surface area contributed by atoms with Gasteiger partial charge in [0.25, 0.3) is 0 Å². The number of rotatable bonds is 5. The van der Waals surface area contributed by atoms with Crippen molar-refractivity contribution in [3.05, 3.63) is 40.9 Å². The first-order chi connectivity index (χ1) is 9.99. The van der Waals surface area contributed by atoms with Crippen LogP contribution in [0.15, 0.2) is 23.6 Å². The van der Waals surface area contributed by atoms with Crippen LogP contribution in [0.25, 0.3) is 0 Å². The van der Waals surface area contributed by atoms with E-state index < -0.39 is 11.6 Å². The van der Waals surface area contributed by atoms with E-state index in [0.29, 0.717) is 29.6 Å². The standard InChI is InChI=1S/C14H15F2N3OS/c1-3-19(9(2)20)14-18-13(8-21-14)7-17-12-5-10(15)4-11(16)6-12/h4-6,8,17H,3,7H2,1-2H3. The van der Waals surface area contributed by atoms with Gasteiger partial charge >= 0.3 is 0 Å². The maximum absolute atomic E-state index is 13.1. The van der Waals surface area contributed by atoms with Gasteiger partial charge in [-0.05, 0) is 19.1 Å². The number of nitrogens with one attached hydrogen (secondary N) is 1. The smallest absolute Gasteiger partial charge is 0.225 e. The van der Waals surface area contributed by atoms with E-state index in [2.05, 4.69) is 10.3 Å². The van der Waals surface area contributed by atoms with Crippen LogP contribution in [0.3, 0.4) is 0 Å². The van der Waals surface area contributed by atoms with E-state index in [-0.39, 0.29) is 5.91 Å². The Bertz CT molecular complexity index is 625. The molecule has 7 heteroatoms. The topological polar surface area (TPSA) is 45.2 Å². The highest BCUT2D eigenvalue weighted by Crippen LogP contribution is 2.21. The predicted octanol–water partition coefficient (Wildman–Crippen LogP) is 3.41. The minimum absolute atomic E-state index is 0.0708. The first-order valence-electron chi connectivity index (χ1n) is 6.42. The molecule has 1 heterocycles. The number of nitrogens with zero attached hydrogens (tertiary/aromatic N) is 2. The fourth-order valence-corrected chi connectivity index (χ4v) is 2.77. The highest BCUT2D eigenvalue weighted by atomic mass is 32.1. The maximum atomic E-state index is 13.1. The third kappa shape index (κ3) is 3.98. The second-order valence-electron chi connectivity index (χ2n) is 4.40. The SMILES string of the molecule is CCN(C(C)=O)c1nc(CNc2cc(F)cc(F)c2)cs1. The highest BCUT2D eigenvalue weighted by Gasteiger charge is 2.13. The van der Waals surface area contributed by atoms with Crippen LogP contribution in [-0.4, -0.2) is 17.4 Å². The van der Waals surface area contributed by atoms with Gasteiger partial charge in [-0.3, -0.25) is 9.69 Å². The molecule has 0 saturated carbocycles. The molecule has 2 aromatic rings. The largest absolute Gasteiger partial charge is 0.379 e. The van der Waals surface area contributed by atoms with Crippen LogP contribution in [0.1, 0.15) is 19.5 Å². The van der Waals surface area contributed by atoms with Crippen molar-refractivity contribution >= 4 is 28.1 Å². The molecule has 21 heavy (non-hydrogen) atoms. The van der Waals surface area contributed by atoms with Gasteiger partial charge in [0.15, 0.2) is 5.13 Å². The number of thiazole rings is 1. The van der Waals surface area contributed by atoms with Crippen molar-refractivity contribution in [3.8, 4) is 0 Å². The van der Waals surface area contributed by atoms with Crippen LogP contribution < -0.4 is 10.2 Å². The molecule has 0 unspecified atom stereocenters. The number of aromatic nitrogens is 1. The van der Waals surface area contributed by atoms with Crippen molar-refractivity contribution in [2.75, 3.05) is 16.8 Å². The zero-order chi connectivity index (χ0) is 15.4. The Balaban J connectivity index is 2.04. The van der Waals surface area contributed by atoms with Gasteiger partial charge in [-0.1, -0.05) is 0 Å². The number of halogens is 2. The molecule has 4 nitrogen and oxygen atoms in total. The van der Waals surface area contributed by atoms with Crippen LogP contribution >= 0.6 is 11.3 Å². The molecule has 0 saturated heterocycles. The Hall–Kier alpha value is -2.02. The van der Waals surface area contributed by atoms with E-state index in [0.717, 1.165) is 6.07 Å². The minimum atomic E-state index is -0.634. The van der Waals surface area contributed by atoms with E-state index in [4.69, 9.17) is 0 Å². The molecule has 1 N–H and O–H groups in total. The van der Waals surface area contributed by atoms with E-state index in [1.807, 2.05) is 12.3 Å². The normalized spacial score (nSPS) is 10.5. The Morgan fingerprint density at radius 1 is 1.33 bits per heavy atom. The van der Waals surface area contributed by atoms with Crippen molar-refractivity contribution in [1.29, 1.82) is 0 Å². The molecule has 0 radical (unpaired) electrons. The summed E-state index contributed by atoms with van der Waals surface area (Å²) in [5.41, 5.74) is 1.06. The second-order valence-corrected chi connectivity index (χ2v) is 5.23. The van der Waals surface area contributed by atoms with Crippen LogP contribution in [0.5, 0.6) is 0 Å². The van der Waals surface area contributed by atoms with E-state index in [1.54, 1.807) is 4.90 Å². The Morgan fingerprint density at radius 3 is 2.57 bits per heavy atom. The fourth-order valence-electron chi connectivity index (χ4n) is 1.84. The Morgan fingerprint density at radius 2 is 2.00 bits per heavy atom. The summed E-state index contributed by atoms with van der Waals surface area (Å²) >= 11 is 1.36. The van der Waals surface area contributed by atoms with Gasteiger partial charge in [0, 0.05) is 30.6 Å². The second kappa shape index (κ2) is 6.62. The number of amides is 1. The lowest BCUT2D eigenvalue weighted by Gasteiger charge is -2.14. The zero-order valence-electron chi connectivity index (χ0n) is 11.7. The molecular weight excluding hydrogens is 296 g/mol. The third-order valence-corrected chi connectivity index (χ3v) is 3.72. The lowest BCUT2D eigenvalue weighted by Crippen LogP contribution is -2.27.